The summed E-state index contributed by atoms with van der Waals surface area (Å²) in [5.41, 5.74) is 0.631. The summed E-state index contributed by atoms with van der Waals surface area (Å²) in [4.78, 5) is 11.2. The summed E-state index contributed by atoms with van der Waals surface area (Å²) in [7, 11) is 1.62. The van der Waals surface area contributed by atoms with Gasteiger partial charge in [0.25, 0.3) is 0 Å². The number of esters is 1. The molecule has 0 spiro atoms. The number of hydrogen-bond donors (Lipinski definition) is 0. The van der Waals surface area contributed by atoms with Crippen LogP contribution in [0.5, 0.6) is 0 Å². The number of ether oxygens (including phenoxy) is 2. The molecule has 1 unspecified atom stereocenters. The van der Waals surface area contributed by atoms with Crippen molar-refractivity contribution < 1.29 is 14.3 Å². The van der Waals surface area contributed by atoms with Crippen molar-refractivity contribution >= 4 is 5.97 Å². The second kappa shape index (κ2) is 6.66. The van der Waals surface area contributed by atoms with Crippen molar-refractivity contribution in [3.8, 4) is 0 Å². The minimum absolute atomic E-state index is 0.00797. The maximum absolute atomic E-state index is 11.2. The van der Waals surface area contributed by atoms with Crippen molar-refractivity contribution in [2.24, 2.45) is 0 Å². The van der Waals surface area contributed by atoms with E-state index in [1.165, 1.54) is 0 Å². The number of allylic oxidation sites excluding steroid dienone is 1. The average molecular weight is 186 g/mol. The van der Waals surface area contributed by atoms with Crippen molar-refractivity contribution in [2.45, 2.75) is 33.3 Å². The lowest BCUT2D eigenvalue weighted by Crippen LogP contribution is -2.20. The molecule has 0 fully saturated rings. The third-order valence-electron chi connectivity index (χ3n) is 1.94. The zero-order valence-corrected chi connectivity index (χ0v) is 8.79. The molecular formula is C10H18O3. The monoisotopic (exact) mass is 186 g/mol. The van der Waals surface area contributed by atoms with Crippen LogP contribution in [-0.4, -0.2) is 25.8 Å². The molecule has 1 atom stereocenters. The van der Waals surface area contributed by atoms with Crippen LogP contribution in [0.2, 0.25) is 0 Å². The van der Waals surface area contributed by atoms with E-state index in [4.69, 9.17) is 9.47 Å². The van der Waals surface area contributed by atoms with Gasteiger partial charge in [0.15, 0.2) is 0 Å². The van der Waals surface area contributed by atoms with Crippen LogP contribution in [0.4, 0.5) is 0 Å². The number of methoxy groups -OCH3 is 1. The molecule has 0 N–H and O–H groups in total. The van der Waals surface area contributed by atoms with Gasteiger partial charge in [-0.05, 0) is 20.3 Å². The maximum atomic E-state index is 11.2. The Balaban J connectivity index is 3.81. The predicted molar refractivity (Wildman–Crippen MR) is 51.5 cm³/mol. The van der Waals surface area contributed by atoms with E-state index < -0.39 is 0 Å². The highest BCUT2D eigenvalue weighted by atomic mass is 16.6. The van der Waals surface area contributed by atoms with Crippen molar-refractivity contribution in [1.29, 1.82) is 0 Å². The highest BCUT2D eigenvalue weighted by molar-refractivity contribution is 5.87. The van der Waals surface area contributed by atoms with Gasteiger partial charge >= 0.3 is 5.97 Å². The van der Waals surface area contributed by atoms with Crippen LogP contribution in [0.3, 0.4) is 0 Å². The van der Waals surface area contributed by atoms with Gasteiger partial charge in [-0.2, -0.15) is 0 Å². The molecule has 3 heteroatoms. The van der Waals surface area contributed by atoms with Gasteiger partial charge in [0.05, 0.1) is 6.10 Å². The zero-order chi connectivity index (χ0) is 10.3. The third kappa shape index (κ3) is 4.68. The van der Waals surface area contributed by atoms with E-state index in [9.17, 15) is 4.79 Å². The Morgan fingerprint density at radius 1 is 1.54 bits per heavy atom. The number of hydrogen-bond acceptors (Lipinski definition) is 3. The van der Waals surface area contributed by atoms with Crippen LogP contribution in [0.1, 0.15) is 27.2 Å². The second-order valence-corrected chi connectivity index (χ2v) is 2.84. The quantitative estimate of drug-likeness (QED) is 0.486. The maximum Gasteiger partial charge on any atom is 0.333 e. The summed E-state index contributed by atoms with van der Waals surface area (Å²) in [6.45, 7) is 5.86. The highest BCUT2D eigenvalue weighted by Gasteiger charge is 2.09. The standard InChI is InChI=1S/C10H18O3/c1-5-8(3)10(11)13-7-9(6-2)12-4/h5,9H,6-7H2,1-4H3. The Morgan fingerprint density at radius 3 is 2.54 bits per heavy atom. The molecule has 3 nitrogen and oxygen atoms in total. The Kier molecular flexibility index (Phi) is 6.24. The fourth-order valence-electron chi connectivity index (χ4n) is 0.753. The molecule has 0 saturated heterocycles. The molecule has 0 aliphatic heterocycles. The summed E-state index contributed by atoms with van der Waals surface area (Å²) in [6, 6.07) is 0. The van der Waals surface area contributed by atoms with Crippen LogP contribution in [-0.2, 0) is 14.3 Å². The molecule has 0 heterocycles. The van der Waals surface area contributed by atoms with Gasteiger partial charge in [0.1, 0.15) is 6.61 Å². The Bertz CT molecular complexity index is 181. The van der Waals surface area contributed by atoms with Crippen molar-refractivity contribution in [3.05, 3.63) is 11.6 Å². The number of rotatable bonds is 5. The molecule has 0 rings (SSSR count). The molecule has 0 bridgehead atoms. The highest BCUT2D eigenvalue weighted by Crippen LogP contribution is 2.01. The second-order valence-electron chi connectivity index (χ2n) is 2.84. The zero-order valence-electron chi connectivity index (χ0n) is 8.79. The van der Waals surface area contributed by atoms with Crippen LogP contribution in [0, 0.1) is 0 Å². The molecule has 0 amide bonds. The molecule has 13 heavy (non-hydrogen) atoms. The molecule has 0 aromatic rings. The van der Waals surface area contributed by atoms with Crippen LogP contribution in [0.15, 0.2) is 11.6 Å². The first kappa shape index (κ1) is 12.2. The van der Waals surface area contributed by atoms with Crippen LogP contribution >= 0.6 is 0 Å². The molecular weight excluding hydrogens is 168 g/mol. The lowest BCUT2D eigenvalue weighted by molar-refractivity contribution is -0.142. The average Bonchev–Trinajstić information content (AvgIpc) is 2.17. The largest absolute Gasteiger partial charge is 0.460 e. The van der Waals surface area contributed by atoms with Gasteiger partial charge in [-0.15, -0.1) is 0 Å². The van der Waals surface area contributed by atoms with E-state index in [-0.39, 0.29) is 12.1 Å². The molecule has 0 saturated carbocycles. The molecule has 0 aliphatic rings. The first-order valence-electron chi connectivity index (χ1n) is 4.48. The third-order valence-corrected chi connectivity index (χ3v) is 1.94. The molecule has 0 radical (unpaired) electrons. The van der Waals surface area contributed by atoms with Gasteiger partial charge in [-0.25, -0.2) is 4.79 Å². The summed E-state index contributed by atoms with van der Waals surface area (Å²) in [6.07, 6.45) is 2.59. The van der Waals surface area contributed by atoms with E-state index in [1.807, 2.05) is 13.8 Å². The minimum Gasteiger partial charge on any atom is -0.460 e. The summed E-state index contributed by atoms with van der Waals surface area (Å²) >= 11 is 0. The van der Waals surface area contributed by atoms with Crippen molar-refractivity contribution in [1.82, 2.24) is 0 Å². The molecule has 76 valence electrons. The number of carbonyl (C=O) groups is 1. The van der Waals surface area contributed by atoms with Gasteiger partial charge in [0.2, 0.25) is 0 Å². The first-order chi connectivity index (χ1) is 6.15. The van der Waals surface area contributed by atoms with E-state index >= 15 is 0 Å². The van der Waals surface area contributed by atoms with Crippen molar-refractivity contribution in [2.75, 3.05) is 13.7 Å². The topological polar surface area (TPSA) is 35.5 Å². The summed E-state index contributed by atoms with van der Waals surface area (Å²) in [5, 5.41) is 0. The summed E-state index contributed by atoms with van der Waals surface area (Å²) < 4.78 is 10.1. The van der Waals surface area contributed by atoms with Crippen molar-refractivity contribution in [3.63, 3.8) is 0 Å². The first-order valence-corrected chi connectivity index (χ1v) is 4.48. The fourth-order valence-corrected chi connectivity index (χ4v) is 0.753. The predicted octanol–water partition coefficient (Wildman–Crippen LogP) is 1.92. The van der Waals surface area contributed by atoms with E-state index in [0.29, 0.717) is 12.2 Å². The SMILES string of the molecule is CC=C(C)C(=O)OCC(CC)OC. The Hall–Kier alpha value is -0.830. The minimum atomic E-state index is -0.266. The van der Waals surface area contributed by atoms with Gasteiger partial charge in [0, 0.05) is 12.7 Å². The summed E-state index contributed by atoms with van der Waals surface area (Å²) in [5.74, 6) is -0.266. The lowest BCUT2D eigenvalue weighted by atomic mass is 10.3. The van der Waals surface area contributed by atoms with E-state index in [0.717, 1.165) is 6.42 Å². The van der Waals surface area contributed by atoms with Gasteiger partial charge in [-0.3, -0.25) is 0 Å². The fraction of sp³-hybridized carbons (Fsp3) is 0.700. The van der Waals surface area contributed by atoms with Gasteiger partial charge < -0.3 is 9.47 Å². The van der Waals surface area contributed by atoms with Crippen LogP contribution < -0.4 is 0 Å². The number of carbonyl (C=O) groups excluding carboxylic acids is 1. The molecule has 0 aliphatic carbocycles. The normalized spacial score (nSPS) is 14.0. The smallest absolute Gasteiger partial charge is 0.333 e. The van der Waals surface area contributed by atoms with Crippen LogP contribution in [0.25, 0.3) is 0 Å². The van der Waals surface area contributed by atoms with E-state index in [1.54, 1.807) is 20.1 Å². The molecule has 0 aromatic heterocycles. The Morgan fingerprint density at radius 2 is 2.15 bits per heavy atom. The lowest BCUT2D eigenvalue weighted by Gasteiger charge is -2.12. The van der Waals surface area contributed by atoms with Gasteiger partial charge in [-0.1, -0.05) is 13.0 Å². The molecule has 0 aromatic carbocycles. The van der Waals surface area contributed by atoms with E-state index in [2.05, 4.69) is 0 Å². The Labute approximate surface area is 79.7 Å².